The molecule has 2 aromatic rings. The predicted octanol–water partition coefficient (Wildman–Crippen LogP) is 0.706. The first kappa shape index (κ1) is 10.0. The molecule has 0 aliphatic rings. The number of carbonyl (C=O) groups is 1. The van der Waals surface area contributed by atoms with Gasteiger partial charge in [0.2, 0.25) is 5.95 Å². The van der Waals surface area contributed by atoms with E-state index in [1.165, 1.54) is 12.4 Å². The fraction of sp³-hybridized carbons (Fsp3) is 0. The molecule has 0 saturated carbocycles. The van der Waals surface area contributed by atoms with Gasteiger partial charge in [0.1, 0.15) is 0 Å². The fourth-order valence-electron chi connectivity index (χ4n) is 1.11. The van der Waals surface area contributed by atoms with Crippen molar-refractivity contribution >= 4 is 17.5 Å². The first-order valence-corrected chi connectivity index (χ1v) is 4.56. The fourth-order valence-corrected chi connectivity index (χ4v) is 1.11. The summed E-state index contributed by atoms with van der Waals surface area (Å²) in [4.78, 5) is 15.5. The number of hydrogen-bond donors (Lipinski definition) is 2. The number of nitrogens with one attached hydrogen (secondary N) is 1. The first-order chi connectivity index (χ1) is 7.75. The number of rotatable bonds is 2. The monoisotopic (exact) mass is 215 g/mol. The van der Waals surface area contributed by atoms with E-state index < -0.39 is 0 Å². The van der Waals surface area contributed by atoms with Crippen LogP contribution >= 0.6 is 0 Å². The normalized spacial score (nSPS) is 9.75. The Labute approximate surface area is 91.5 Å². The minimum absolute atomic E-state index is 0.171. The van der Waals surface area contributed by atoms with Crippen molar-refractivity contribution in [3.8, 4) is 0 Å². The van der Waals surface area contributed by atoms with Crippen molar-refractivity contribution in [1.82, 2.24) is 15.2 Å². The molecule has 80 valence electrons. The summed E-state index contributed by atoms with van der Waals surface area (Å²) in [5, 5.41) is 9.76. The van der Waals surface area contributed by atoms with E-state index in [-0.39, 0.29) is 11.9 Å². The predicted molar refractivity (Wildman–Crippen MR) is 58.6 cm³/mol. The molecule has 2 rings (SSSR count). The molecule has 0 spiro atoms. The number of nitrogen functional groups attached to an aromatic ring is 1. The van der Waals surface area contributed by atoms with Gasteiger partial charge < -0.3 is 5.73 Å². The van der Waals surface area contributed by atoms with Gasteiger partial charge in [-0.1, -0.05) is 0 Å². The van der Waals surface area contributed by atoms with Crippen LogP contribution in [0.15, 0.2) is 36.7 Å². The van der Waals surface area contributed by atoms with Gasteiger partial charge in [0.15, 0.2) is 0 Å². The second-order valence-electron chi connectivity index (χ2n) is 3.04. The molecular formula is C10H9N5O. The van der Waals surface area contributed by atoms with Gasteiger partial charge in [-0.15, -0.1) is 5.10 Å². The number of aromatic nitrogens is 3. The molecule has 0 atom stereocenters. The minimum Gasteiger partial charge on any atom is -0.399 e. The summed E-state index contributed by atoms with van der Waals surface area (Å²) in [7, 11) is 0. The Kier molecular flexibility index (Phi) is 2.73. The SMILES string of the molecule is Nc1ccc(C(=O)Nc2nccnn2)cc1. The lowest BCUT2D eigenvalue weighted by atomic mass is 10.2. The summed E-state index contributed by atoms with van der Waals surface area (Å²) in [6.45, 7) is 0. The third-order valence-corrected chi connectivity index (χ3v) is 1.88. The molecule has 6 nitrogen and oxygen atoms in total. The lowest BCUT2D eigenvalue weighted by Gasteiger charge is -2.02. The van der Waals surface area contributed by atoms with Gasteiger partial charge in [0.05, 0.1) is 12.4 Å². The van der Waals surface area contributed by atoms with Crippen molar-refractivity contribution < 1.29 is 4.79 Å². The highest BCUT2D eigenvalue weighted by Crippen LogP contribution is 2.06. The van der Waals surface area contributed by atoms with Crippen LogP contribution in [-0.4, -0.2) is 21.1 Å². The van der Waals surface area contributed by atoms with E-state index in [4.69, 9.17) is 5.73 Å². The van der Waals surface area contributed by atoms with Gasteiger partial charge >= 0.3 is 0 Å². The third kappa shape index (κ3) is 2.30. The highest BCUT2D eigenvalue weighted by Gasteiger charge is 2.06. The van der Waals surface area contributed by atoms with Gasteiger partial charge in [-0.05, 0) is 24.3 Å². The second kappa shape index (κ2) is 4.35. The van der Waals surface area contributed by atoms with Crippen molar-refractivity contribution in [2.45, 2.75) is 0 Å². The largest absolute Gasteiger partial charge is 0.399 e. The van der Waals surface area contributed by atoms with Crippen LogP contribution < -0.4 is 11.1 Å². The molecule has 0 bridgehead atoms. The Bertz CT molecular complexity index is 482. The van der Waals surface area contributed by atoms with Crippen LogP contribution in [0.3, 0.4) is 0 Å². The highest BCUT2D eigenvalue weighted by atomic mass is 16.1. The summed E-state index contributed by atoms with van der Waals surface area (Å²) >= 11 is 0. The molecule has 0 fully saturated rings. The number of carbonyl (C=O) groups excluding carboxylic acids is 1. The Morgan fingerprint density at radius 3 is 2.56 bits per heavy atom. The van der Waals surface area contributed by atoms with Gasteiger partial charge in [-0.2, -0.15) is 5.10 Å². The van der Waals surface area contributed by atoms with Crippen LogP contribution in [0, 0.1) is 0 Å². The maximum Gasteiger partial charge on any atom is 0.258 e. The summed E-state index contributed by atoms with van der Waals surface area (Å²) < 4.78 is 0. The lowest BCUT2D eigenvalue weighted by Crippen LogP contribution is -2.14. The van der Waals surface area contributed by atoms with Crippen molar-refractivity contribution in [2.75, 3.05) is 11.1 Å². The average Bonchev–Trinajstić information content (AvgIpc) is 2.31. The zero-order chi connectivity index (χ0) is 11.4. The van der Waals surface area contributed by atoms with E-state index >= 15 is 0 Å². The quantitative estimate of drug-likeness (QED) is 0.719. The number of nitrogens with zero attached hydrogens (tertiary/aromatic N) is 3. The molecule has 0 unspecified atom stereocenters. The van der Waals surface area contributed by atoms with E-state index in [2.05, 4.69) is 20.5 Å². The molecular weight excluding hydrogens is 206 g/mol. The van der Waals surface area contributed by atoms with Crippen molar-refractivity contribution in [3.05, 3.63) is 42.2 Å². The number of anilines is 2. The zero-order valence-electron chi connectivity index (χ0n) is 8.29. The van der Waals surface area contributed by atoms with Crippen LogP contribution in [0.2, 0.25) is 0 Å². The summed E-state index contributed by atoms with van der Waals surface area (Å²) in [5.41, 5.74) is 6.61. The van der Waals surface area contributed by atoms with Crippen LogP contribution in [-0.2, 0) is 0 Å². The number of nitrogens with two attached hydrogens (primary N) is 1. The topological polar surface area (TPSA) is 93.8 Å². The second-order valence-corrected chi connectivity index (χ2v) is 3.04. The van der Waals surface area contributed by atoms with Crippen molar-refractivity contribution in [1.29, 1.82) is 0 Å². The molecule has 1 aromatic heterocycles. The number of hydrogen-bond acceptors (Lipinski definition) is 5. The maximum absolute atomic E-state index is 11.7. The molecule has 3 N–H and O–H groups in total. The molecule has 0 radical (unpaired) electrons. The Morgan fingerprint density at radius 2 is 1.94 bits per heavy atom. The average molecular weight is 215 g/mol. The van der Waals surface area contributed by atoms with Gasteiger partial charge in [0, 0.05) is 11.3 Å². The van der Waals surface area contributed by atoms with Crippen molar-refractivity contribution in [3.63, 3.8) is 0 Å². The Morgan fingerprint density at radius 1 is 1.19 bits per heavy atom. The van der Waals surface area contributed by atoms with Crippen LogP contribution in [0.25, 0.3) is 0 Å². The number of amides is 1. The highest BCUT2D eigenvalue weighted by molar-refractivity contribution is 6.03. The van der Waals surface area contributed by atoms with E-state index in [1.807, 2.05) is 0 Å². The maximum atomic E-state index is 11.7. The third-order valence-electron chi connectivity index (χ3n) is 1.88. The summed E-state index contributed by atoms with van der Waals surface area (Å²) in [6.07, 6.45) is 2.88. The molecule has 16 heavy (non-hydrogen) atoms. The molecule has 6 heteroatoms. The molecule has 1 heterocycles. The number of benzene rings is 1. The summed E-state index contributed by atoms with van der Waals surface area (Å²) in [5.74, 6) is -0.127. The van der Waals surface area contributed by atoms with Crippen molar-refractivity contribution in [2.24, 2.45) is 0 Å². The smallest absolute Gasteiger partial charge is 0.258 e. The Balaban J connectivity index is 2.12. The molecule has 1 aromatic carbocycles. The van der Waals surface area contributed by atoms with E-state index in [1.54, 1.807) is 24.3 Å². The van der Waals surface area contributed by atoms with Gasteiger partial charge in [-0.25, -0.2) is 4.98 Å². The van der Waals surface area contributed by atoms with Crippen LogP contribution in [0.5, 0.6) is 0 Å². The van der Waals surface area contributed by atoms with E-state index in [9.17, 15) is 4.79 Å². The van der Waals surface area contributed by atoms with Gasteiger partial charge in [0.25, 0.3) is 5.91 Å². The van der Waals surface area contributed by atoms with Crippen LogP contribution in [0.1, 0.15) is 10.4 Å². The molecule has 0 aliphatic carbocycles. The summed E-state index contributed by atoms with van der Waals surface area (Å²) in [6, 6.07) is 6.56. The van der Waals surface area contributed by atoms with Gasteiger partial charge in [-0.3, -0.25) is 10.1 Å². The lowest BCUT2D eigenvalue weighted by molar-refractivity contribution is 0.102. The molecule has 0 aliphatic heterocycles. The minimum atomic E-state index is -0.298. The van der Waals surface area contributed by atoms with E-state index in [0.29, 0.717) is 11.3 Å². The molecule has 0 saturated heterocycles. The van der Waals surface area contributed by atoms with E-state index in [0.717, 1.165) is 0 Å². The molecule has 1 amide bonds. The first-order valence-electron chi connectivity index (χ1n) is 4.56. The van der Waals surface area contributed by atoms with Crippen LogP contribution in [0.4, 0.5) is 11.6 Å². The Hall–Kier alpha value is -2.50. The standard InChI is InChI=1S/C10H9N5O/c11-8-3-1-7(2-4-8)9(16)14-10-12-5-6-13-15-10/h1-6H,11H2,(H,12,14,15,16). The zero-order valence-corrected chi connectivity index (χ0v) is 8.29.